The Morgan fingerprint density at radius 1 is 1.37 bits per heavy atom. The van der Waals surface area contributed by atoms with Gasteiger partial charge >= 0.3 is 0 Å². The topological polar surface area (TPSA) is 34.9 Å². The average Bonchev–Trinajstić information content (AvgIpc) is 2.82. The number of halogens is 2. The molecule has 0 radical (unpaired) electrons. The molecule has 0 N–H and O–H groups in total. The fourth-order valence-electron chi connectivity index (χ4n) is 1.70. The molecular formula is C13H12F2N2OS. The van der Waals surface area contributed by atoms with E-state index < -0.39 is 5.76 Å². The summed E-state index contributed by atoms with van der Waals surface area (Å²) >= 11 is 0.493. The first-order valence-corrected chi connectivity index (χ1v) is 6.60. The Balaban J connectivity index is 2.31. The van der Waals surface area contributed by atoms with Crippen LogP contribution in [0.3, 0.4) is 0 Å². The molecule has 6 heteroatoms. The molecule has 0 saturated heterocycles. The third-order valence-electron chi connectivity index (χ3n) is 2.59. The van der Waals surface area contributed by atoms with Crippen molar-refractivity contribution in [3.05, 3.63) is 36.0 Å². The minimum absolute atomic E-state index is 0.487. The van der Waals surface area contributed by atoms with Gasteiger partial charge in [0.05, 0.1) is 5.56 Å². The van der Waals surface area contributed by atoms with Crippen LogP contribution >= 0.6 is 11.8 Å². The molecule has 3 nitrogen and oxygen atoms in total. The molecule has 1 aromatic heterocycles. The first kappa shape index (κ1) is 13.7. The van der Waals surface area contributed by atoms with E-state index in [4.69, 9.17) is 0 Å². The molecule has 1 heterocycles. The van der Waals surface area contributed by atoms with Crippen molar-refractivity contribution in [3.63, 3.8) is 0 Å². The van der Waals surface area contributed by atoms with E-state index >= 15 is 0 Å². The van der Waals surface area contributed by atoms with Crippen molar-refractivity contribution in [2.75, 3.05) is 0 Å². The number of nitrogens with zero attached hydrogens (tertiary/aromatic N) is 2. The SMILES string of the molecule is CCn1cc(C=O)c(-c2ccc(SC(F)F)cc2)n1. The average molecular weight is 282 g/mol. The number of carbonyl (C=O) groups is 1. The third kappa shape index (κ3) is 3.20. The number of carbonyl (C=O) groups excluding carboxylic acids is 1. The standard InChI is InChI=1S/C13H12F2N2OS/c1-2-17-7-10(8-18)12(16-17)9-3-5-11(6-4-9)19-13(14)15/h3-8,13H,2H2,1H3. The summed E-state index contributed by atoms with van der Waals surface area (Å²) in [6.45, 7) is 2.59. The van der Waals surface area contributed by atoms with E-state index in [0.29, 0.717) is 34.5 Å². The summed E-state index contributed by atoms with van der Waals surface area (Å²) in [5.41, 5.74) is 1.81. The van der Waals surface area contributed by atoms with Crippen LogP contribution < -0.4 is 0 Å². The zero-order valence-corrected chi connectivity index (χ0v) is 11.0. The number of rotatable bonds is 5. The van der Waals surface area contributed by atoms with Crippen molar-refractivity contribution < 1.29 is 13.6 Å². The monoisotopic (exact) mass is 282 g/mol. The molecule has 0 aliphatic carbocycles. The lowest BCUT2D eigenvalue weighted by Crippen LogP contribution is -1.93. The van der Waals surface area contributed by atoms with Crippen LogP contribution in [0.15, 0.2) is 35.4 Å². The molecule has 1 aromatic carbocycles. The van der Waals surface area contributed by atoms with E-state index in [1.165, 1.54) is 0 Å². The van der Waals surface area contributed by atoms with Gasteiger partial charge in [-0.05, 0) is 19.1 Å². The fourth-order valence-corrected chi connectivity index (χ4v) is 2.20. The van der Waals surface area contributed by atoms with Crippen molar-refractivity contribution in [1.29, 1.82) is 0 Å². The Morgan fingerprint density at radius 3 is 2.58 bits per heavy atom. The summed E-state index contributed by atoms with van der Waals surface area (Å²) in [6.07, 6.45) is 2.42. The number of benzene rings is 1. The molecule has 0 aliphatic rings. The maximum absolute atomic E-state index is 12.2. The fraction of sp³-hybridized carbons (Fsp3) is 0.231. The number of aldehydes is 1. The number of aromatic nitrogens is 2. The van der Waals surface area contributed by atoms with E-state index in [0.717, 1.165) is 11.8 Å². The van der Waals surface area contributed by atoms with Crippen LogP contribution in [0.2, 0.25) is 0 Å². The summed E-state index contributed by atoms with van der Waals surface area (Å²) in [5.74, 6) is -2.43. The molecule has 0 fully saturated rings. The number of hydrogen-bond donors (Lipinski definition) is 0. The lowest BCUT2D eigenvalue weighted by atomic mass is 10.1. The first-order chi connectivity index (χ1) is 9.13. The van der Waals surface area contributed by atoms with Crippen molar-refractivity contribution in [1.82, 2.24) is 9.78 Å². The minimum Gasteiger partial charge on any atom is -0.298 e. The molecule has 0 atom stereocenters. The van der Waals surface area contributed by atoms with Crippen molar-refractivity contribution >= 4 is 18.0 Å². The summed E-state index contributed by atoms with van der Waals surface area (Å²) in [4.78, 5) is 11.5. The number of thioether (sulfide) groups is 1. The molecule has 0 bridgehead atoms. The van der Waals surface area contributed by atoms with Crippen LogP contribution in [0, 0.1) is 0 Å². The highest BCUT2D eigenvalue weighted by atomic mass is 32.2. The van der Waals surface area contributed by atoms with Crippen molar-refractivity contribution in [2.24, 2.45) is 0 Å². The van der Waals surface area contributed by atoms with Crippen LogP contribution in [-0.4, -0.2) is 21.8 Å². The van der Waals surface area contributed by atoms with Crippen LogP contribution in [0.5, 0.6) is 0 Å². The predicted molar refractivity (Wildman–Crippen MR) is 70.6 cm³/mol. The lowest BCUT2D eigenvalue weighted by Gasteiger charge is -2.02. The van der Waals surface area contributed by atoms with E-state index in [9.17, 15) is 13.6 Å². The molecule has 0 spiro atoms. The maximum Gasteiger partial charge on any atom is 0.288 e. The minimum atomic E-state index is -2.43. The predicted octanol–water partition coefficient (Wildman–Crippen LogP) is 3.70. The molecule has 0 aliphatic heterocycles. The van der Waals surface area contributed by atoms with Gasteiger partial charge < -0.3 is 0 Å². The molecule has 100 valence electrons. The summed E-state index contributed by atoms with van der Waals surface area (Å²) in [5, 5.41) is 4.29. The highest BCUT2D eigenvalue weighted by Crippen LogP contribution is 2.28. The quantitative estimate of drug-likeness (QED) is 0.619. The van der Waals surface area contributed by atoms with Gasteiger partial charge in [-0.2, -0.15) is 13.9 Å². The highest BCUT2D eigenvalue weighted by Gasteiger charge is 2.11. The van der Waals surface area contributed by atoms with Gasteiger partial charge in [0.15, 0.2) is 6.29 Å². The number of hydrogen-bond acceptors (Lipinski definition) is 3. The van der Waals surface area contributed by atoms with E-state index in [2.05, 4.69) is 5.10 Å². The van der Waals surface area contributed by atoms with Crippen LogP contribution in [-0.2, 0) is 6.54 Å². The third-order valence-corrected chi connectivity index (χ3v) is 3.32. The zero-order chi connectivity index (χ0) is 13.8. The lowest BCUT2D eigenvalue weighted by molar-refractivity contribution is 0.112. The van der Waals surface area contributed by atoms with Crippen molar-refractivity contribution in [2.45, 2.75) is 24.1 Å². The second-order valence-electron chi connectivity index (χ2n) is 3.81. The van der Waals surface area contributed by atoms with Crippen molar-refractivity contribution in [3.8, 4) is 11.3 Å². The maximum atomic E-state index is 12.2. The normalized spacial score (nSPS) is 10.9. The molecule has 19 heavy (non-hydrogen) atoms. The molecule has 2 aromatic rings. The van der Waals surface area contributed by atoms with Gasteiger partial charge in [-0.15, -0.1) is 0 Å². The Labute approximate surface area is 113 Å². The van der Waals surface area contributed by atoms with E-state index in [1.807, 2.05) is 6.92 Å². The van der Waals surface area contributed by atoms with Gasteiger partial charge in [0, 0.05) is 23.2 Å². The molecular weight excluding hydrogens is 270 g/mol. The van der Waals surface area contributed by atoms with E-state index in [1.54, 1.807) is 35.1 Å². The number of alkyl halides is 2. The molecule has 0 saturated carbocycles. The number of aryl methyl sites for hydroxylation is 1. The highest BCUT2D eigenvalue weighted by molar-refractivity contribution is 7.99. The smallest absolute Gasteiger partial charge is 0.288 e. The van der Waals surface area contributed by atoms with Crippen LogP contribution in [0.1, 0.15) is 17.3 Å². The van der Waals surface area contributed by atoms with Crippen LogP contribution in [0.25, 0.3) is 11.3 Å². The van der Waals surface area contributed by atoms with Gasteiger partial charge in [0.25, 0.3) is 5.76 Å². The Hall–Kier alpha value is -1.69. The largest absolute Gasteiger partial charge is 0.298 e. The Morgan fingerprint density at radius 2 is 2.05 bits per heavy atom. The van der Waals surface area contributed by atoms with Gasteiger partial charge in [0.1, 0.15) is 5.69 Å². The van der Waals surface area contributed by atoms with E-state index in [-0.39, 0.29) is 0 Å². The summed E-state index contributed by atoms with van der Waals surface area (Å²) in [6, 6.07) is 6.59. The van der Waals surface area contributed by atoms with Gasteiger partial charge in [-0.3, -0.25) is 9.48 Å². The second kappa shape index (κ2) is 5.97. The van der Waals surface area contributed by atoms with Gasteiger partial charge in [-0.25, -0.2) is 0 Å². The molecule has 0 amide bonds. The second-order valence-corrected chi connectivity index (χ2v) is 4.87. The summed E-state index contributed by atoms with van der Waals surface area (Å²) in [7, 11) is 0. The first-order valence-electron chi connectivity index (χ1n) is 5.72. The molecule has 2 rings (SSSR count). The van der Waals surface area contributed by atoms with Crippen LogP contribution in [0.4, 0.5) is 8.78 Å². The molecule has 0 unspecified atom stereocenters. The van der Waals surface area contributed by atoms with Gasteiger partial charge in [-0.1, -0.05) is 23.9 Å². The Bertz CT molecular complexity index is 567. The zero-order valence-electron chi connectivity index (χ0n) is 10.2. The summed E-state index contributed by atoms with van der Waals surface area (Å²) < 4.78 is 26.1. The van der Waals surface area contributed by atoms with Gasteiger partial charge in [0.2, 0.25) is 0 Å². The Kier molecular flexibility index (Phi) is 4.31.